The molecule has 1 saturated heterocycles. The summed E-state index contributed by atoms with van der Waals surface area (Å²) in [7, 11) is 0. The first-order valence-electron chi connectivity index (χ1n) is 13.1. The Morgan fingerprint density at radius 1 is 1.15 bits per heavy atom. The van der Waals surface area contributed by atoms with Crippen molar-refractivity contribution in [3.05, 3.63) is 23.8 Å². The summed E-state index contributed by atoms with van der Waals surface area (Å²) in [6.45, 7) is 15.3. The molecule has 1 aromatic rings. The Hall–Kier alpha value is -1.86. The zero-order valence-electron chi connectivity index (χ0n) is 21.9. The molecular formula is C27H44N4O3. The fourth-order valence-corrected chi connectivity index (χ4v) is 5.39. The molecule has 3 atom stereocenters. The normalized spacial score (nSPS) is 27.4. The van der Waals surface area contributed by atoms with Crippen LogP contribution in [0, 0.1) is 17.3 Å². The summed E-state index contributed by atoms with van der Waals surface area (Å²) in [4.78, 5) is 39.2. The first-order chi connectivity index (χ1) is 16.2. The van der Waals surface area contributed by atoms with E-state index in [1.54, 1.807) is 20.2 Å². The molecule has 0 aromatic carbocycles. The molecule has 1 fully saturated rings. The number of cyclic esters (lactones) is 1. The molecule has 2 aliphatic heterocycles. The van der Waals surface area contributed by atoms with Crippen molar-refractivity contribution in [2.45, 2.75) is 92.3 Å². The number of hydrogen-bond donors (Lipinski definition) is 0. The number of carbonyl (C=O) groups excluding carboxylic acids is 2. The molecular weight excluding hydrogens is 428 g/mol. The second-order valence-corrected chi connectivity index (χ2v) is 11.1. The molecule has 0 N–H and O–H groups in total. The Kier molecular flexibility index (Phi) is 9.60. The number of aromatic nitrogens is 2. The van der Waals surface area contributed by atoms with Gasteiger partial charge in [-0.3, -0.25) is 19.4 Å². The van der Waals surface area contributed by atoms with Crippen molar-refractivity contribution < 1.29 is 14.3 Å². The van der Waals surface area contributed by atoms with Crippen molar-refractivity contribution in [2.75, 3.05) is 26.2 Å². The number of carbonyl (C=O) groups is 2. The van der Waals surface area contributed by atoms with Crippen molar-refractivity contribution in [3.8, 4) is 0 Å². The highest BCUT2D eigenvalue weighted by atomic mass is 16.5. The number of fused-ring (bicyclic) bond motifs is 1. The molecule has 0 saturated carbocycles. The van der Waals surface area contributed by atoms with E-state index in [4.69, 9.17) is 4.74 Å². The van der Waals surface area contributed by atoms with Crippen LogP contribution in [-0.4, -0.2) is 63.8 Å². The zero-order valence-corrected chi connectivity index (χ0v) is 21.9. The summed E-state index contributed by atoms with van der Waals surface area (Å²) in [6, 6.07) is 0.165. The fraction of sp³-hybridized carbons (Fsp3) is 0.778. The van der Waals surface area contributed by atoms with Gasteiger partial charge in [-0.25, -0.2) is 9.97 Å². The van der Waals surface area contributed by atoms with Gasteiger partial charge in [0.25, 0.3) is 0 Å². The number of rotatable bonds is 6. The van der Waals surface area contributed by atoms with Crippen LogP contribution < -0.4 is 0 Å². The Bertz CT molecular complexity index is 803. The lowest BCUT2D eigenvalue weighted by Gasteiger charge is -2.34. The molecule has 0 spiro atoms. The van der Waals surface area contributed by atoms with Gasteiger partial charge >= 0.3 is 5.97 Å². The van der Waals surface area contributed by atoms with Crippen LogP contribution in [0.3, 0.4) is 0 Å². The summed E-state index contributed by atoms with van der Waals surface area (Å²) in [5, 5.41) is 0. The van der Waals surface area contributed by atoms with Crippen LogP contribution in [0.25, 0.3) is 0 Å². The molecule has 0 bridgehead atoms. The van der Waals surface area contributed by atoms with Crippen LogP contribution in [0.1, 0.15) is 84.4 Å². The minimum atomic E-state index is -1.08. The van der Waals surface area contributed by atoms with Gasteiger partial charge in [-0.2, -0.15) is 0 Å². The predicted octanol–water partition coefficient (Wildman–Crippen LogP) is 4.25. The van der Waals surface area contributed by atoms with Crippen LogP contribution in [-0.2, 0) is 27.4 Å². The van der Waals surface area contributed by atoms with E-state index in [1.807, 2.05) is 6.20 Å². The average molecular weight is 473 g/mol. The summed E-state index contributed by atoms with van der Waals surface area (Å²) in [5.41, 5.74) is 1.27. The molecule has 34 heavy (non-hydrogen) atoms. The largest absolute Gasteiger partial charge is 0.463 e. The van der Waals surface area contributed by atoms with Gasteiger partial charge in [0.2, 0.25) is 0 Å². The molecule has 0 unspecified atom stereocenters. The predicted molar refractivity (Wildman–Crippen MR) is 133 cm³/mol. The topological polar surface area (TPSA) is 75.6 Å². The fourth-order valence-electron chi connectivity index (χ4n) is 5.39. The SMILES string of the molecule is CCCN1C[C@H](C)C[C@@H](C)CCC(=O)C(C)(C)C(=O)OC[C@H]1CCCN1Cc2cncnc2C1. The molecule has 0 radical (unpaired) electrons. The van der Waals surface area contributed by atoms with Gasteiger partial charge in [-0.05, 0) is 70.9 Å². The third-order valence-corrected chi connectivity index (χ3v) is 7.52. The van der Waals surface area contributed by atoms with E-state index < -0.39 is 5.41 Å². The van der Waals surface area contributed by atoms with Crippen molar-refractivity contribution >= 4 is 11.8 Å². The van der Waals surface area contributed by atoms with Crippen LogP contribution in [0.2, 0.25) is 0 Å². The van der Waals surface area contributed by atoms with Crippen molar-refractivity contribution in [2.24, 2.45) is 17.3 Å². The molecule has 7 heteroatoms. The molecule has 1 aromatic heterocycles. The molecule has 3 heterocycles. The number of ketones is 1. The summed E-state index contributed by atoms with van der Waals surface area (Å²) in [6.07, 6.45) is 8.98. The summed E-state index contributed by atoms with van der Waals surface area (Å²) >= 11 is 0. The van der Waals surface area contributed by atoms with E-state index in [0.717, 1.165) is 70.5 Å². The van der Waals surface area contributed by atoms with Crippen LogP contribution in [0.4, 0.5) is 0 Å². The van der Waals surface area contributed by atoms with E-state index in [-0.39, 0.29) is 17.8 Å². The van der Waals surface area contributed by atoms with Gasteiger partial charge in [0.1, 0.15) is 24.1 Å². The first kappa shape index (κ1) is 26.7. The standard InChI is InChI=1S/C27H44N4O3/c1-6-11-31-15-21(3)13-20(2)9-10-25(32)27(4,5)26(33)34-18-23(31)8-7-12-30-16-22-14-28-19-29-24(22)17-30/h14,19-21,23H,6-13,15-18H2,1-5H3/t20-,21+,23+/m0/s1. The molecule has 0 aliphatic carbocycles. The molecule has 2 aliphatic rings. The zero-order chi connectivity index (χ0) is 24.7. The monoisotopic (exact) mass is 472 g/mol. The lowest BCUT2D eigenvalue weighted by Crippen LogP contribution is -2.44. The minimum Gasteiger partial charge on any atom is -0.463 e. The van der Waals surface area contributed by atoms with Gasteiger partial charge in [0.05, 0.1) is 5.69 Å². The van der Waals surface area contributed by atoms with Gasteiger partial charge in [-0.15, -0.1) is 0 Å². The first-order valence-corrected chi connectivity index (χ1v) is 13.1. The van der Waals surface area contributed by atoms with Crippen molar-refractivity contribution in [3.63, 3.8) is 0 Å². The van der Waals surface area contributed by atoms with E-state index in [2.05, 4.69) is 40.5 Å². The van der Waals surface area contributed by atoms with Gasteiger partial charge in [-0.1, -0.05) is 20.8 Å². The quantitative estimate of drug-likeness (QED) is 0.453. The van der Waals surface area contributed by atoms with Crippen LogP contribution >= 0.6 is 0 Å². The van der Waals surface area contributed by atoms with Gasteiger partial charge < -0.3 is 4.74 Å². The molecule has 3 rings (SSSR count). The van der Waals surface area contributed by atoms with Gasteiger partial charge in [0.15, 0.2) is 0 Å². The summed E-state index contributed by atoms with van der Waals surface area (Å²) in [5.74, 6) is 0.617. The smallest absolute Gasteiger partial charge is 0.319 e. The number of hydrogen-bond acceptors (Lipinski definition) is 7. The highest BCUT2D eigenvalue weighted by Gasteiger charge is 2.38. The molecule has 190 valence electrons. The van der Waals surface area contributed by atoms with E-state index >= 15 is 0 Å². The summed E-state index contributed by atoms with van der Waals surface area (Å²) < 4.78 is 5.83. The molecule has 7 nitrogen and oxygen atoms in total. The van der Waals surface area contributed by atoms with Crippen molar-refractivity contribution in [1.29, 1.82) is 0 Å². The van der Waals surface area contributed by atoms with Crippen LogP contribution in [0.5, 0.6) is 0 Å². The highest BCUT2D eigenvalue weighted by molar-refractivity contribution is 6.02. The van der Waals surface area contributed by atoms with Crippen LogP contribution in [0.15, 0.2) is 12.5 Å². The van der Waals surface area contributed by atoms with E-state index in [9.17, 15) is 9.59 Å². The number of ether oxygens (including phenoxy) is 1. The van der Waals surface area contributed by atoms with Crippen molar-refractivity contribution in [1.82, 2.24) is 19.8 Å². The Morgan fingerprint density at radius 2 is 1.94 bits per heavy atom. The lowest BCUT2D eigenvalue weighted by molar-refractivity contribution is -0.160. The second-order valence-electron chi connectivity index (χ2n) is 11.1. The number of esters is 1. The van der Waals surface area contributed by atoms with E-state index in [0.29, 0.717) is 24.9 Å². The third-order valence-electron chi connectivity index (χ3n) is 7.52. The maximum Gasteiger partial charge on any atom is 0.319 e. The van der Waals surface area contributed by atoms with Gasteiger partial charge in [0, 0.05) is 43.9 Å². The average Bonchev–Trinajstić information content (AvgIpc) is 3.21. The maximum absolute atomic E-state index is 12.9. The Balaban J connectivity index is 1.67. The number of nitrogens with zero attached hydrogens (tertiary/aromatic N) is 4. The highest BCUT2D eigenvalue weighted by Crippen LogP contribution is 2.27. The Morgan fingerprint density at radius 3 is 2.68 bits per heavy atom. The lowest BCUT2D eigenvalue weighted by atomic mass is 9.83. The second kappa shape index (κ2) is 12.2. The minimum absolute atomic E-state index is 0.00471. The molecule has 0 amide bonds. The van der Waals surface area contributed by atoms with E-state index in [1.165, 1.54) is 5.56 Å². The third kappa shape index (κ3) is 7.08. The number of Topliss-reactive ketones (excluding diaryl/α,β-unsaturated/α-hetero) is 1. The maximum atomic E-state index is 12.9. The Labute approximate surface area is 205 Å².